The molecule has 0 saturated heterocycles. The summed E-state index contributed by atoms with van der Waals surface area (Å²) in [5.74, 6) is -0.477. The maximum Gasteiger partial charge on any atom is 0.315 e. The van der Waals surface area contributed by atoms with E-state index in [2.05, 4.69) is 13.8 Å². The molecular weight excluding hydrogens is 504 g/mol. The van der Waals surface area contributed by atoms with Gasteiger partial charge in [0.15, 0.2) is 5.13 Å². The summed E-state index contributed by atoms with van der Waals surface area (Å²) < 4.78 is 5.40. The fourth-order valence-electron chi connectivity index (χ4n) is 3.61. The molecule has 5 nitrogen and oxygen atoms in total. The molecule has 0 bridgehead atoms. The lowest BCUT2D eigenvalue weighted by atomic mass is 10.0. The normalized spacial score (nSPS) is 11.1. The molecule has 0 atom stereocenters. The number of amides is 1. The Balaban J connectivity index is 0.00000235. The monoisotopic (exact) mass is 542 g/mol. The zero-order chi connectivity index (χ0) is 27.8. The number of ether oxygens (including phenoxy) is 1. The summed E-state index contributed by atoms with van der Waals surface area (Å²) in [5.41, 5.74) is 3.07. The molecule has 3 rings (SSSR count). The lowest BCUT2D eigenvalue weighted by Gasteiger charge is -2.22. The van der Waals surface area contributed by atoms with E-state index in [-0.39, 0.29) is 12.3 Å². The number of carbonyl (C=O) groups is 2. The zero-order valence-corrected chi connectivity index (χ0v) is 24.8. The van der Waals surface area contributed by atoms with Crippen molar-refractivity contribution in [3.05, 3.63) is 69.6 Å². The summed E-state index contributed by atoms with van der Waals surface area (Å²) in [7, 11) is 0. The molecule has 1 amide bonds. The SMILES string of the molecule is CC.Cc1cc(-c2nc(N(Cc3ccccc3)C(=O)CC(=O)OC(C)(C)C)sc2CC(C)C)ccc1Cl. The molecule has 0 saturated carbocycles. The molecule has 37 heavy (non-hydrogen) atoms. The zero-order valence-electron chi connectivity index (χ0n) is 23.2. The molecule has 0 aliphatic carbocycles. The van der Waals surface area contributed by atoms with Crippen molar-refractivity contribution >= 4 is 39.9 Å². The number of rotatable bonds is 8. The summed E-state index contributed by atoms with van der Waals surface area (Å²) in [5, 5.41) is 1.27. The number of aromatic nitrogens is 1. The number of anilines is 1. The molecule has 0 aliphatic rings. The van der Waals surface area contributed by atoms with Gasteiger partial charge < -0.3 is 4.74 Å². The lowest BCUT2D eigenvalue weighted by molar-refractivity contribution is -0.156. The van der Waals surface area contributed by atoms with Crippen molar-refractivity contribution in [1.29, 1.82) is 0 Å². The highest BCUT2D eigenvalue weighted by Gasteiger charge is 2.27. The number of benzene rings is 2. The molecule has 2 aromatic carbocycles. The van der Waals surface area contributed by atoms with Gasteiger partial charge >= 0.3 is 5.97 Å². The van der Waals surface area contributed by atoms with Crippen LogP contribution in [0.2, 0.25) is 5.02 Å². The molecule has 1 aromatic heterocycles. The van der Waals surface area contributed by atoms with Gasteiger partial charge in [-0.25, -0.2) is 4.98 Å². The van der Waals surface area contributed by atoms with Crippen molar-refractivity contribution in [1.82, 2.24) is 4.98 Å². The molecular formula is C30H39ClN2O3S. The molecule has 0 radical (unpaired) electrons. The largest absolute Gasteiger partial charge is 0.460 e. The third kappa shape index (κ3) is 9.28. The molecule has 0 spiro atoms. The van der Waals surface area contributed by atoms with Crippen LogP contribution in [0.5, 0.6) is 0 Å². The van der Waals surface area contributed by atoms with Gasteiger partial charge in [-0.2, -0.15) is 0 Å². The Morgan fingerprint density at radius 3 is 2.30 bits per heavy atom. The predicted molar refractivity (Wildman–Crippen MR) is 155 cm³/mol. The quantitative estimate of drug-likeness (QED) is 0.212. The van der Waals surface area contributed by atoms with E-state index >= 15 is 0 Å². The van der Waals surface area contributed by atoms with E-state index in [1.165, 1.54) is 11.3 Å². The Labute approximate surface area is 230 Å². The number of thiazole rings is 1. The fourth-order valence-corrected chi connectivity index (χ4v) is 5.03. The maximum atomic E-state index is 13.4. The van der Waals surface area contributed by atoms with Gasteiger partial charge in [0.2, 0.25) is 5.91 Å². The highest BCUT2D eigenvalue weighted by Crippen LogP contribution is 2.37. The summed E-state index contributed by atoms with van der Waals surface area (Å²) in [6.07, 6.45) is 0.479. The second kappa shape index (κ2) is 13.7. The van der Waals surface area contributed by atoms with E-state index in [9.17, 15) is 9.59 Å². The molecule has 7 heteroatoms. The van der Waals surface area contributed by atoms with E-state index in [4.69, 9.17) is 21.3 Å². The first-order chi connectivity index (χ1) is 17.4. The minimum absolute atomic E-state index is 0.316. The van der Waals surface area contributed by atoms with Crippen LogP contribution in [0.25, 0.3) is 11.3 Å². The summed E-state index contributed by atoms with van der Waals surface area (Å²) in [4.78, 5) is 33.5. The van der Waals surface area contributed by atoms with Crippen LogP contribution in [-0.2, 0) is 27.3 Å². The van der Waals surface area contributed by atoms with Crippen LogP contribution in [0.3, 0.4) is 0 Å². The standard InChI is InChI=1S/C28H33ClN2O3S.C2H6/c1-18(2)14-23-26(21-12-13-22(29)19(3)15-21)30-27(35-23)31(17-20-10-8-7-9-11-20)24(32)16-25(33)34-28(4,5)6;1-2/h7-13,15,18H,14,16-17H2,1-6H3;1-2H3. The third-order valence-corrected chi connectivity index (χ3v) is 6.67. The molecule has 0 N–H and O–H groups in total. The number of nitrogens with zero attached hydrogens (tertiary/aromatic N) is 2. The smallest absolute Gasteiger partial charge is 0.315 e. The van der Waals surface area contributed by atoms with E-state index in [0.717, 1.165) is 33.7 Å². The fraction of sp³-hybridized carbons (Fsp3) is 0.433. The molecule has 1 heterocycles. The van der Waals surface area contributed by atoms with Gasteiger partial charge in [0.25, 0.3) is 0 Å². The van der Waals surface area contributed by atoms with Gasteiger partial charge in [-0.15, -0.1) is 11.3 Å². The Kier molecular flexibility index (Phi) is 11.3. The number of halogens is 1. The Bertz CT molecular complexity index is 1180. The summed E-state index contributed by atoms with van der Waals surface area (Å²) in [6, 6.07) is 15.6. The second-order valence-electron chi connectivity index (χ2n) is 10.1. The van der Waals surface area contributed by atoms with Gasteiger partial charge in [-0.3, -0.25) is 14.5 Å². The van der Waals surface area contributed by atoms with Crippen molar-refractivity contribution in [2.24, 2.45) is 5.92 Å². The van der Waals surface area contributed by atoms with Crippen LogP contribution in [0.1, 0.15) is 70.9 Å². The van der Waals surface area contributed by atoms with Crippen LogP contribution in [0, 0.1) is 12.8 Å². The third-order valence-electron chi connectivity index (χ3n) is 5.14. The van der Waals surface area contributed by atoms with E-state index in [0.29, 0.717) is 22.6 Å². The van der Waals surface area contributed by atoms with Crippen LogP contribution < -0.4 is 4.90 Å². The van der Waals surface area contributed by atoms with Crippen LogP contribution in [0.15, 0.2) is 48.5 Å². The molecule has 200 valence electrons. The molecule has 0 fully saturated rings. The Morgan fingerprint density at radius 1 is 1.08 bits per heavy atom. The minimum Gasteiger partial charge on any atom is -0.460 e. The van der Waals surface area contributed by atoms with Crippen molar-refractivity contribution in [3.8, 4) is 11.3 Å². The van der Waals surface area contributed by atoms with Crippen molar-refractivity contribution in [2.75, 3.05) is 4.90 Å². The average molecular weight is 543 g/mol. The molecule has 0 unspecified atom stereocenters. The maximum absolute atomic E-state index is 13.4. The van der Waals surface area contributed by atoms with Crippen LogP contribution in [0.4, 0.5) is 5.13 Å². The topological polar surface area (TPSA) is 59.5 Å². The Hall–Kier alpha value is -2.70. The first kappa shape index (κ1) is 30.5. The predicted octanol–water partition coefficient (Wildman–Crippen LogP) is 8.26. The average Bonchev–Trinajstić information content (AvgIpc) is 3.22. The second-order valence-corrected chi connectivity index (χ2v) is 11.5. The molecule has 0 aliphatic heterocycles. The number of esters is 1. The van der Waals surface area contributed by atoms with Crippen molar-refractivity contribution in [3.63, 3.8) is 0 Å². The van der Waals surface area contributed by atoms with E-state index < -0.39 is 11.6 Å². The number of carbonyl (C=O) groups excluding carboxylic acids is 2. The van der Waals surface area contributed by atoms with E-state index in [1.54, 1.807) is 25.7 Å². The first-order valence-corrected chi connectivity index (χ1v) is 13.9. The van der Waals surface area contributed by atoms with Gasteiger partial charge in [-0.05, 0) is 63.3 Å². The first-order valence-electron chi connectivity index (χ1n) is 12.8. The van der Waals surface area contributed by atoms with Crippen LogP contribution >= 0.6 is 22.9 Å². The van der Waals surface area contributed by atoms with Gasteiger partial charge in [-0.1, -0.05) is 75.7 Å². The summed E-state index contributed by atoms with van der Waals surface area (Å²) >= 11 is 7.76. The van der Waals surface area contributed by atoms with Crippen molar-refractivity contribution in [2.45, 2.75) is 80.4 Å². The Morgan fingerprint density at radius 2 is 1.73 bits per heavy atom. The number of hydrogen-bond donors (Lipinski definition) is 0. The highest BCUT2D eigenvalue weighted by molar-refractivity contribution is 7.16. The van der Waals surface area contributed by atoms with E-state index in [1.807, 2.05) is 69.3 Å². The highest BCUT2D eigenvalue weighted by atomic mass is 35.5. The molecule has 3 aromatic rings. The summed E-state index contributed by atoms with van der Waals surface area (Å²) in [6.45, 7) is 16.0. The van der Waals surface area contributed by atoms with Gasteiger partial charge in [0.05, 0.1) is 12.2 Å². The van der Waals surface area contributed by atoms with Crippen LogP contribution in [-0.4, -0.2) is 22.5 Å². The lowest BCUT2D eigenvalue weighted by Crippen LogP contribution is -2.34. The van der Waals surface area contributed by atoms with Crippen molar-refractivity contribution < 1.29 is 14.3 Å². The minimum atomic E-state index is -0.660. The number of aryl methyl sites for hydroxylation is 1. The van der Waals surface area contributed by atoms with Gasteiger partial charge in [0, 0.05) is 15.5 Å². The van der Waals surface area contributed by atoms with Gasteiger partial charge in [0.1, 0.15) is 12.0 Å². The number of hydrogen-bond acceptors (Lipinski definition) is 5.